The van der Waals surface area contributed by atoms with Gasteiger partial charge in [-0.2, -0.15) is 0 Å². The highest BCUT2D eigenvalue weighted by atomic mass is 32.1. The Morgan fingerprint density at radius 3 is 2.54 bits per heavy atom. The number of hydrogen-bond donors (Lipinski definition) is 1. The summed E-state index contributed by atoms with van der Waals surface area (Å²) in [5, 5.41) is 2.89. The highest BCUT2D eigenvalue weighted by Crippen LogP contribution is 2.27. The summed E-state index contributed by atoms with van der Waals surface area (Å²) < 4.78 is 45.0. The Labute approximate surface area is 150 Å². The lowest BCUT2D eigenvalue weighted by molar-refractivity contribution is -0.123. The normalized spacial score (nSPS) is 12.0. The molecule has 8 heteroatoms. The molecular formula is C18H12F3NO3S. The first-order chi connectivity index (χ1) is 12.3. The van der Waals surface area contributed by atoms with Crippen LogP contribution in [0.3, 0.4) is 0 Å². The van der Waals surface area contributed by atoms with Gasteiger partial charge in [0.05, 0.1) is 0 Å². The van der Waals surface area contributed by atoms with Crippen LogP contribution < -0.4 is 5.32 Å². The zero-order valence-corrected chi connectivity index (χ0v) is 14.2. The number of rotatable bonds is 4. The summed E-state index contributed by atoms with van der Waals surface area (Å²) in [5.74, 6) is -4.00. The van der Waals surface area contributed by atoms with E-state index in [1.165, 1.54) is 31.2 Å². The Morgan fingerprint density at radius 1 is 1.04 bits per heavy atom. The number of benzene rings is 2. The molecule has 3 aromatic rings. The van der Waals surface area contributed by atoms with Crippen LogP contribution >= 0.6 is 11.3 Å². The lowest BCUT2D eigenvalue weighted by Gasteiger charge is -2.13. The summed E-state index contributed by atoms with van der Waals surface area (Å²) in [5.41, 5.74) is 0.0362. The maximum absolute atomic E-state index is 13.2. The van der Waals surface area contributed by atoms with E-state index in [-0.39, 0.29) is 10.6 Å². The van der Waals surface area contributed by atoms with Crippen molar-refractivity contribution in [2.45, 2.75) is 13.0 Å². The van der Waals surface area contributed by atoms with Crippen molar-refractivity contribution in [1.29, 1.82) is 0 Å². The molecular weight excluding hydrogens is 367 g/mol. The third-order valence-electron chi connectivity index (χ3n) is 3.52. The number of halogens is 3. The van der Waals surface area contributed by atoms with Gasteiger partial charge < -0.3 is 10.1 Å². The van der Waals surface area contributed by atoms with E-state index in [0.717, 1.165) is 23.5 Å². The highest BCUT2D eigenvalue weighted by Gasteiger charge is 2.21. The lowest BCUT2D eigenvalue weighted by atomic mass is 10.2. The Morgan fingerprint density at radius 2 is 1.81 bits per heavy atom. The van der Waals surface area contributed by atoms with Gasteiger partial charge in [0.15, 0.2) is 17.7 Å². The quantitative estimate of drug-likeness (QED) is 0.679. The van der Waals surface area contributed by atoms with Crippen LogP contribution in [-0.4, -0.2) is 18.0 Å². The summed E-state index contributed by atoms with van der Waals surface area (Å²) >= 11 is 1.11. The van der Waals surface area contributed by atoms with Crippen molar-refractivity contribution in [3.8, 4) is 0 Å². The third kappa shape index (κ3) is 3.85. The van der Waals surface area contributed by atoms with Crippen molar-refractivity contribution in [3.05, 3.63) is 64.8 Å². The summed E-state index contributed by atoms with van der Waals surface area (Å²) in [6.07, 6.45) is -1.17. The molecule has 0 saturated carbocycles. The van der Waals surface area contributed by atoms with Gasteiger partial charge in [-0.25, -0.2) is 18.0 Å². The smallest absolute Gasteiger partial charge is 0.349 e. The largest absolute Gasteiger partial charge is 0.448 e. The second-order valence-electron chi connectivity index (χ2n) is 5.46. The molecule has 1 amide bonds. The van der Waals surface area contributed by atoms with E-state index >= 15 is 0 Å². The highest BCUT2D eigenvalue weighted by molar-refractivity contribution is 7.20. The maximum Gasteiger partial charge on any atom is 0.349 e. The zero-order chi connectivity index (χ0) is 18.8. The molecule has 2 aromatic carbocycles. The van der Waals surface area contributed by atoms with Gasteiger partial charge in [0.25, 0.3) is 5.91 Å². The van der Waals surface area contributed by atoms with Crippen LogP contribution in [-0.2, 0) is 9.53 Å². The minimum Gasteiger partial charge on any atom is -0.448 e. The van der Waals surface area contributed by atoms with Crippen LogP contribution in [0.1, 0.15) is 16.6 Å². The molecule has 0 fully saturated rings. The van der Waals surface area contributed by atoms with E-state index in [0.29, 0.717) is 10.1 Å². The molecule has 1 heterocycles. The van der Waals surface area contributed by atoms with Crippen LogP contribution in [0.25, 0.3) is 10.1 Å². The first-order valence-corrected chi connectivity index (χ1v) is 8.31. The number of thiophene rings is 1. The van der Waals surface area contributed by atoms with Crippen LogP contribution in [0.4, 0.5) is 18.9 Å². The number of hydrogen-bond acceptors (Lipinski definition) is 4. The Bertz CT molecular complexity index is 1000. The molecule has 1 aromatic heterocycles. The van der Waals surface area contributed by atoms with Crippen molar-refractivity contribution in [2.75, 3.05) is 5.32 Å². The van der Waals surface area contributed by atoms with Gasteiger partial charge in [-0.3, -0.25) is 4.79 Å². The number of esters is 1. The molecule has 0 aliphatic carbocycles. The molecule has 0 unspecified atom stereocenters. The molecule has 4 nitrogen and oxygen atoms in total. The Kier molecular flexibility index (Phi) is 4.94. The van der Waals surface area contributed by atoms with E-state index in [9.17, 15) is 22.8 Å². The van der Waals surface area contributed by atoms with E-state index in [2.05, 4.69) is 5.32 Å². The first-order valence-electron chi connectivity index (χ1n) is 7.49. The average molecular weight is 379 g/mol. The topological polar surface area (TPSA) is 55.4 Å². The monoisotopic (exact) mass is 379 g/mol. The van der Waals surface area contributed by atoms with Crippen LogP contribution in [0, 0.1) is 17.5 Å². The van der Waals surface area contributed by atoms with E-state index < -0.39 is 35.4 Å². The maximum atomic E-state index is 13.2. The molecule has 26 heavy (non-hydrogen) atoms. The predicted octanol–water partition coefficient (Wildman–Crippen LogP) is 4.50. The molecule has 3 rings (SSSR count). The second-order valence-corrected chi connectivity index (χ2v) is 6.54. The summed E-state index contributed by atoms with van der Waals surface area (Å²) in [4.78, 5) is 24.4. The molecule has 1 atom stereocenters. The fraction of sp³-hybridized carbons (Fsp3) is 0.111. The second kappa shape index (κ2) is 7.17. The lowest BCUT2D eigenvalue weighted by Crippen LogP contribution is -2.29. The Hall–Kier alpha value is -2.87. The van der Waals surface area contributed by atoms with Crippen molar-refractivity contribution >= 4 is 39.0 Å². The van der Waals surface area contributed by atoms with E-state index in [1.54, 1.807) is 6.07 Å². The molecule has 0 radical (unpaired) electrons. The SMILES string of the molecule is C[C@@H](OC(=O)c1cc2cc(F)ccc2s1)C(=O)Nc1ccc(F)c(F)c1. The predicted molar refractivity (Wildman–Crippen MR) is 91.6 cm³/mol. The minimum atomic E-state index is -1.17. The van der Waals surface area contributed by atoms with Crippen LogP contribution in [0.15, 0.2) is 42.5 Å². The number of carbonyl (C=O) groups excluding carboxylic acids is 2. The van der Waals surface area contributed by atoms with Gasteiger partial charge in [0.2, 0.25) is 0 Å². The standard InChI is InChI=1S/C18H12F3NO3S/c1-9(17(23)22-12-3-4-13(20)14(21)8-12)25-18(24)16-7-10-6-11(19)2-5-15(10)26-16/h2-9H,1H3,(H,22,23)/t9-/m1/s1. The van der Waals surface area contributed by atoms with Crippen molar-refractivity contribution in [3.63, 3.8) is 0 Å². The van der Waals surface area contributed by atoms with E-state index in [4.69, 9.17) is 4.74 Å². The van der Waals surface area contributed by atoms with Crippen molar-refractivity contribution in [2.24, 2.45) is 0 Å². The van der Waals surface area contributed by atoms with Gasteiger partial charge in [0, 0.05) is 16.5 Å². The number of anilines is 1. The zero-order valence-electron chi connectivity index (χ0n) is 13.4. The van der Waals surface area contributed by atoms with Gasteiger partial charge in [0.1, 0.15) is 10.7 Å². The Balaban J connectivity index is 1.67. The molecule has 0 saturated heterocycles. The average Bonchev–Trinajstić information content (AvgIpc) is 3.01. The summed E-state index contributed by atoms with van der Waals surface area (Å²) in [6.45, 7) is 1.35. The van der Waals surface area contributed by atoms with Crippen molar-refractivity contribution in [1.82, 2.24) is 0 Å². The molecule has 1 N–H and O–H groups in total. The molecule has 134 valence electrons. The van der Waals surface area contributed by atoms with Crippen LogP contribution in [0.2, 0.25) is 0 Å². The fourth-order valence-corrected chi connectivity index (χ4v) is 3.13. The number of ether oxygens (including phenoxy) is 1. The van der Waals surface area contributed by atoms with Gasteiger partial charge in [-0.15, -0.1) is 11.3 Å². The van der Waals surface area contributed by atoms with Gasteiger partial charge in [-0.1, -0.05) is 0 Å². The van der Waals surface area contributed by atoms with Gasteiger partial charge in [-0.05, 0) is 48.7 Å². The van der Waals surface area contributed by atoms with E-state index in [1.807, 2.05) is 0 Å². The first kappa shape index (κ1) is 17.9. The number of fused-ring (bicyclic) bond motifs is 1. The molecule has 0 aliphatic heterocycles. The van der Waals surface area contributed by atoms with Crippen LogP contribution in [0.5, 0.6) is 0 Å². The molecule has 0 spiro atoms. The summed E-state index contributed by atoms with van der Waals surface area (Å²) in [6, 6.07) is 8.48. The number of nitrogens with one attached hydrogen (secondary N) is 1. The number of carbonyl (C=O) groups is 2. The van der Waals surface area contributed by atoms with Gasteiger partial charge >= 0.3 is 5.97 Å². The molecule has 0 aliphatic rings. The number of amides is 1. The fourth-order valence-electron chi connectivity index (χ4n) is 2.20. The van der Waals surface area contributed by atoms with Crippen molar-refractivity contribution < 1.29 is 27.5 Å². The summed E-state index contributed by atoms with van der Waals surface area (Å²) in [7, 11) is 0. The minimum absolute atomic E-state index is 0.0362. The third-order valence-corrected chi connectivity index (χ3v) is 4.62. The molecule has 0 bridgehead atoms.